The van der Waals surface area contributed by atoms with Crippen molar-refractivity contribution in [2.45, 2.75) is 19.4 Å². The van der Waals surface area contributed by atoms with Gasteiger partial charge in [0.2, 0.25) is 0 Å². The smallest absolute Gasteiger partial charge is 0.0786 e. The van der Waals surface area contributed by atoms with E-state index in [1.165, 1.54) is 0 Å². The molecule has 4 heteroatoms. The number of aliphatic hydroxyl groups is 1. The van der Waals surface area contributed by atoms with E-state index in [0.29, 0.717) is 17.1 Å². The molecule has 0 saturated heterocycles. The van der Waals surface area contributed by atoms with Gasteiger partial charge in [0.25, 0.3) is 0 Å². The second kappa shape index (κ2) is 5.24. The van der Waals surface area contributed by atoms with E-state index in [2.05, 4.69) is 0 Å². The molecule has 1 atom stereocenters. The number of nitrogens with two attached hydrogens (primary N) is 1. The van der Waals surface area contributed by atoms with Crippen LogP contribution in [0.15, 0.2) is 18.2 Å². The van der Waals surface area contributed by atoms with Gasteiger partial charge in [0, 0.05) is 13.6 Å². The maximum Gasteiger partial charge on any atom is 0.0786 e. The van der Waals surface area contributed by atoms with E-state index in [0.717, 1.165) is 12.2 Å². The highest BCUT2D eigenvalue weighted by Crippen LogP contribution is 2.30. The third-order valence-electron chi connectivity index (χ3n) is 2.28. The molecule has 1 aromatic carbocycles. The number of hydrogen-bond donors (Lipinski definition) is 2. The summed E-state index contributed by atoms with van der Waals surface area (Å²) in [4.78, 5) is 1.96. The fourth-order valence-electron chi connectivity index (χ4n) is 1.43. The fraction of sp³-hybridized carbons (Fsp3) is 0.455. The van der Waals surface area contributed by atoms with Crippen LogP contribution in [0.25, 0.3) is 0 Å². The molecule has 0 aliphatic heterocycles. The van der Waals surface area contributed by atoms with Gasteiger partial charge >= 0.3 is 0 Å². The summed E-state index contributed by atoms with van der Waals surface area (Å²) in [7, 11) is 1.92. The molecule has 0 radical (unpaired) electrons. The molecule has 84 valence electrons. The van der Waals surface area contributed by atoms with Crippen LogP contribution in [0.4, 0.5) is 11.4 Å². The number of nitrogen functional groups attached to an aromatic ring is 1. The van der Waals surface area contributed by atoms with Crippen LogP contribution in [0.1, 0.15) is 13.3 Å². The van der Waals surface area contributed by atoms with E-state index < -0.39 is 0 Å². The first-order valence-electron chi connectivity index (χ1n) is 4.95. The number of benzene rings is 1. The molecule has 0 fully saturated rings. The Bertz CT molecular complexity index is 308. The SMILES string of the molecule is CC(O)CCN(C)c1c(N)cccc1Cl. The lowest BCUT2D eigenvalue weighted by Gasteiger charge is -2.22. The quantitative estimate of drug-likeness (QED) is 0.777. The second-order valence-electron chi connectivity index (χ2n) is 3.74. The minimum Gasteiger partial charge on any atom is -0.397 e. The number of halogens is 1. The number of aliphatic hydroxyl groups excluding tert-OH is 1. The molecule has 3 N–H and O–H groups in total. The molecule has 15 heavy (non-hydrogen) atoms. The third-order valence-corrected chi connectivity index (χ3v) is 2.59. The Morgan fingerprint density at radius 2 is 2.20 bits per heavy atom. The van der Waals surface area contributed by atoms with Crippen LogP contribution < -0.4 is 10.6 Å². The van der Waals surface area contributed by atoms with Crippen molar-refractivity contribution in [1.29, 1.82) is 0 Å². The van der Waals surface area contributed by atoms with Crippen LogP contribution in [-0.2, 0) is 0 Å². The molecule has 0 bridgehead atoms. The summed E-state index contributed by atoms with van der Waals surface area (Å²) in [6.07, 6.45) is 0.386. The summed E-state index contributed by atoms with van der Waals surface area (Å²) in [5, 5.41) is 9.84. The Balaban J connectivity index is 2.77. The van der Waals surface area contributed by atoms with Crippen molar-refractivity contribution in [3.63, 3.8) is 0 Å². The molecule has 1 rings (SSSR count). The molecule has 0 aliphatic rings. The first kappa shape index (κ1) is 12.1. The molecule has 1 aromatic rings. The topological polar surface area (TPSA) is 49.5 Å². The first-order chi connectivity index (χ1) is 7.02. The van der Waals surface area contributed by atoms with E-state index in [1.54, 1.807) is 6.92 Å². The predicted molar refractivity (Wildman–Crippen MR) is 65.4 cm³/mol. The highest BCUT2D eigenvalue weighted by molar-refractivity contribution is 6.33. The van der Waals surface area contributed by atoms with Gasteiger partial charge in [0.05, 0.1) is 22.5 Å². The maximum absolute atomic E-state index is 9.20. The van der Waals surface area contributed by atoms with Crippen LogP contribution in [0, 0.1) is 0 Å². The lowest BCUT2D eigenvalue weighted by atomic mass is 10.2. The minimum absolute atomic E-state index is 0.309. The summed E-state index contributed by atoms with van der Waals surface area (Å²) < 4.78 is 0. The van der Waals surface area contributed by atoms with Crippen molar-refractivity contribution in [3.8, 4) is 0 Å². The van der Waals surface area contributed by atoms with Gasteiger partial charge in [-0.25, -0.2) is 0 Å². The average Bonchev–Trinajstić information content (AvgIpc) is 2.14. The van der Waals surface area contributed by atoms with E-state index in [4.69, 9.17) is 17.3 Å². The van der Waals surface area contributed by atoms with Gasteiger partial charge in [0.15, 0.2) is 0 Å². The highest BCUT2D eigenvalue weighted by atomic mass is 35.5. The van der Waals surface area contributed by atoms with E-state index >= 15 is 0 Å². The van der Waals surface area contributed by atoms with Crippen LogP contribution in [0.5, 0.6) is 0 Å². The van der Waals surface area contributed by atoms with Crippen LogP contribution >= 0.6 is 11.6 Å². The molecule has 0 saturated carbocycles. The zero-order valence-corrected chi connectivity index (χ0v) is 9.83. The Labute approximate surface area is 95.5 Å². The third kappa shape index (κ3) is 3.29. The Kier molecular flexibility index (Phi) is 4.24. The summed E-state index contributed by atoms with van der Waals surface area (Å²) >= 11 is 6.06. The molecule has 0 aromatic heterocycles. The van der Waals surface area contributed by atoms with Crippen molar-refractivity contribution in [2.24, 2.45) is 0 Å². The zero-order chi connectivity index (χ0) is 11.4. The standard InChI is InChI=1S/C11H17ClN2O/c1-8(15)6-7-14(2)11-9(12)4-3-5-10(11)13/h3-5,8,15H,6-7,13H2,1-2H3. The van der Waals surface area contributed by atoms with Gasteiger partial charge in [-0.1, -0.05) is 17.7 Å². The van der Waals surface area contributed by atoms with Gasteiger partial charge in [-0.05, 0) is 25.5 Å². The van der Waals surface area contributed by atoms with Crippen molar-refractivity contribution in [3.05, 3.63) is 23.2 Å². The number of anilines is 2. The summed E-state index contributed by atoms with van der Waals surface area (Å²) in [5.41, 5.74) is 7.34. The summed E-state index contributed by atoms with van der Waals surface area (Å²) in [6, 6.07) is 5.45. The zero-order valence-electron chi connectivity index (χ0n) is 9.07. The summed E-state index contributed by atoms with van der Waals surface area (Å²) in [5.74, 6) is 0. The average molecular weight is 229 g/mol. The van der Waals surface area contributed by atoms with Gasteiger partial charge < -0.3 is 15.7 Å². The second-order valence-corrected chi connectivity index (χ2v) is 4.14. The molecule has 0 spiro atoms. The molecule has 3 nitrogen and oxygen atoms in total. The summed E-state index contributed by atoms with van der Waals surface area (Å²) in [6.45, 7) is 2.50. The Hall–Kier alpha value is -0.930. The van der Waals surface area contributed by atoms with E-state index in [1.807, 2.05) is 30.1 Å². The number of nitrogens with zero attached hydrogens (tertiary/aromatic N) is 1. The molecule has 0 aliphatic carbocycles. The van der Waals surface area contributed by atoms with Gasteiger partial charge in [0.1, 0.15) is 0 Å². The van der Waals surface area contributed by atoms with Crippen LogP contribution in [-0.4, -0.2) is 24.8 Å². The predicted octanol–water partition coefficient (Wildman–Crippen LogP) is 2.13. The molecular formula is C11H17ClN2O. The number of rotatable bonds is 4. The molecule has 0 heterocycles. The molecule has 0 amide bonds. The van der Waals surface area contributed by atoms with Crippen LogP contribution in [0.2, 0.25) is 5.02 Å². The maximum atomic E-state index is 9.20. The largest absolute Gasteiger partial charge is 0.397 e. The molecule has 1 unspecified atom stereocenters. The monoisotopic (exact) mass is 228 g/mol. The van der Waals surface area contributed by atoms with Gasteiger partial charge in [-0.15, -0.1) is 0 Å². The van der Waals surface area contributed by atoms with Crippen molar-refractivity contribution >= 4 is 23.0 Å². The van der Waals surface area contributed by atoms with Crippen molar-refractivity contribution in [1.82, 2.24) is 0 Å². The van der Waals surface area contributed by atoms with Crippen LogP contribution in [0.3, 0.4) is 0 Å². The number of hydrogen-bond acceptors (Lipinski definition) is 3. The molecular weight excluding hydrogens is 212 g/mol. The number of para-hydroxylation sites is 1. The van der Waals surface area contributed by atoms with Crippen molar-refractivity contribution in [2.75, 3.05) is 24.2 Å². The minimum atomic E-state index is -0.309. The van der Waals surface area contributed by atoms with Gasteiger partial charge in [-0.3, -0.25) is 0 Å². The highest BCUT2D eigenvalue weighted by Gasteiger charge is 2.10. The normalized spacial score (nSPS) is 12.5. The fourth-order valence-corrected chi connectivity index (χ4v) is 1.75. The van der Waals surface area contributed by atoms with E-state index in [9.17, 15) is 5.11 Å². The lowest BCUT2D eigenvalue weighted by molar-refractivity contribution is 0.187. The van der Waals surface area contributed by atoms with Crippen molar-refractivity contribution < 1.29 is 5.11 Å². The first-order valence-corrected chi connectivity index (χ1v) is 5.33. The Morgan fingerprint density at radius 3 is 2.73 bits per heavy atom. The van der Waals surface area contributed by atoms with Gasteiger partial charge in [-0.2, -0.15) is 0 Å². The Morgan fingerprint density at radius 1 is 1.53 bits per heavy atom. The lowest BCUT2D eigenvalue weighted by Crippen LogP contribution is -2.23. The van der Waals surface area contributed by atoms with E-state index in [-0.39, 0.29) is 6.10 Å².